The number of benzene rings is 1. The van der Waals surface area contributed by atoms with Gasteiger partial charge in [-0.25, -0.2) is 0 Å². The molecule has 0 spiro atoms. The van der Waals surface area contributed by atoms with Crippen LogP contribution in [-0.4, -0.2) is 77.5 Å². The maximum Gasteiger partial charge on any atom is 0.238 e. The number of likely N-dealkylation sites (N-methyl/N-ethyl adjacent to an activating group) is 1. The van der Waals surface area contributed by atoms with E-state index in [1.165, 1.54) is 17.3 Å². The van der Waals surface area contributed by atoms with Crippen LogP contribution in [0.4, 0.5) is 5.82 Å². The minimum absolute atomic E-state index is 0.0510. The van der Waals surface area contributed by atoms with Crippen LogP contribution in [0.1, 0.15) is 30.7 Å². The Morgan fingerprint density at radius 2 is 2.06 bits per heavy atom. The van der Waals surface area contributed by atoms with E-state index in [1.807, 2.05) is 6.07 Å². The first-order chi connectivity index (χ1) is 15.4. The van der Waals surface area contributed by atoms with Crippen LogP contribution in [0.3, 0.4) is 0 Å². The minimum atomic E-state index is -0.366. The molecule has 0 unspecified atom stereocenters. The molecule has 1 aliphatic heterocycles. The molecule has 9 heteroatoms. The number of piperazine rings is 1. The molecule has 2 N–H and O–H groups in total. The van der Waals surface area contributed by atoms with Gasteiger partial charge in [0.2, 0.25) is 11.8 Å². The molecule has 3 rings (SSSR count). The first kappa shape index (κ1) is 24.3. The Bertz CT molecular complexity index is 876. The van der Waals surface area contributed by atoms with Crippen molar-refractivity contribution in [2.75, 3.05) is 50.8 Å². The zero-order valence-corrected chi connectivity index (χ0v) is 19.9. The summed E-state index contributed by atoms with van der Waals surface area (Å²) < 4.78 is 4.94. The highest BCUT2D eigenvalue weighted by Gasteiger charge is 2.26. The van der Waals surface area contributed by atoms with Gasteiger partial charge in [0.25, 0.3) is 0 Å². The molecular weight excluding hydrogens is 426 g/mol. The fraction of sp³-hybridized carbons (Fsp3) is 0.522. The maximum absolute atomic E-state index is 12.2. The molecule has 2 atom stereocenters. The van der Waals surface area contributed by atoms with Gasteiger partial charge in [-0.15, -0.1) is 11.8 Å². The molecule has 1 aromatic heterocycles. The Balaban J connectivity index is 1.35. The van der Waals surface area contributed by atoms with E-state index in [2.05, 4.69) is 56.9 Å². The van der Waals surface area contributed by atoms with Crippen LogP contribution in [0.15, 0.2) is 40.9 Å². The molecule has 1 aliphatic rings. The second kappa shape index (κ2) is 12.0. The van der Waals surface area contributed by atoms with E-state index in [9.17, 15) is 9.59 Å². The predicted molar refractivity (Wildman–Crippen MR) is 128 cm³/mol. The number of carbonyl (C=O) groups excluding carboxylic acids is 2. The highest BCUT2D eigenvalue weighted by atomic mass is 32.2. The van der Waals surface area contributed by atoms with Crippen LogP contribution in [-0.2, 0) is 9.59 Å². The number of rotatable bonds is 10. The van der Waals surface area contributed by atoms with E-state index in [-0.39, 0.29) is 22.8 Å². The Hall–Kier alpha value is -2.36. The zero-order valence-electron chi connectivity index (χ0n) is 19.0. The standard InChI is InChI=1S/C23H33N5O3S/c1-17-14-21(26-31-17)25-23(30)18(2)32-16-22(29)24-10-7-11-28-13-12-27(3)15-20(28)19-8-5-4-6-9-19/h4-6,8-9,14,18,20H,7,10-13,15-16H2,1-3H3,(H,24,29)(H,25,26,30)/t18-,20-/m1/s1. The van der Waals surface area contributed by atoms with E-state index >= 15 is 0 Å². The van der Waals surface area contributed by atoms with Crippen molar-refractivity contribution in [1.82, 2.24) is 20.3 Å². The summed E-state index contributed by atoms with van der Waals surface area (Å²) >= 11 is 1.30. The van der Waals surface area contributed by atoms with Gasteiger partial charge in [0.15, 0.2) is 5.82 Å². The summed E-state index contributed by atoms with van der Waals surface area (Å²) in [5.41, 5.74) is 1.34. The van der Waals surface area contributed by atoms with E-state index < -0.39 is 0 Å². The second-order valence-electron chi connectivity index (χ2n) is 8.19. The Morgan fingerprint density at radius 1 is 1.28 bits per heavy atom. The third-order valence-corrected chi connectivity index (χ3v) is 6.68. The molecule has 2 heterocycles. The lowest BCUT2D eigenvalue weighted by Crippen LogP contribution is -2.47. The van der Waals surface area contributed by atoms with Crippen LogP contribution in [0.2, 0.25) is 0 Å². The smallest absolute Gasteiger partial charge is 0.238 e. The van der Waals surface area contributed by atoms with E-state index in [0.717, 1.165) is 32.6 Å². The normalized spacial score (nSPS) is 18.3. The maximum atomic E-state index is 12.2. The molecule has 32 heavy (non-hydrogen) atoms. The van der Waals surface area contributed by atoms with Crippen molar-refractivity contribution in [3.63, 3.8) is 0 Å². The topological polar surface area (TPSA) is 90.7 Å². The van der Waals surface area contributed by atoms with E-state index in [1.54, 1.807) is 19.9 Å². The molecular formula is C23H33N5O3S. The molecule has 0 aliphatic carbocycles. The monoisotopic (exact) mass is 459 g/mol. The fourth-order valence-electron chi connectivity index (χ4n) is 3.71. The first-order valence-electron chi connectivity index (χ1n) is 11.0. The van der Waals surface area contributed by atoms with E-state index in [0.29, 0.717) is 24.2 Å². The largest absolute Gasteiger partial charge is 0.360 e. The highest BCUT2D eigenvalue weighted by Crippen LogP contribution is 2.24. The third-order valence-electron chi connectivity index (χ3n) is 5.54. The molecule has 1 fully saturated rings. The highest BCUT2D eigenvalue weighted by molar-refractivity contribution is 8.01. The van der Waals surface area contributed by atoms with Crippen molar-refractivity contribution < 1.29 is 14.1 Å². The number of hydrogen-bond acceptors (Lipinski definition) is 7. The first-order valence-corrected chi connectivity index (χ1v) is 12.1. The Morgan fingerprint density at radius 3 is 2.78 bits per heavy atom. The zero-order chi connectivity index (χ0) is 22.9. The molecule has 0 radical (unpaired) electrons. The molecule has 2 aromatic rings. The SMILES string of the molecule is Cc1cc(NC(=O)[C@@H](C)SCC(=O)NCCCN2CCN(C)C[C@@H]2c2ccccc2)no1. The number of amides is 2. The van der Waals surface area contributed by atoms with Gasteiger partial charge in [0.1, 0.15) is 5.76 Å². The van der Waals surface area contributed by atoms with Crippen molar-refractivity contribution in [3.8, 4) is 0 Å². The summed E-state index contributed by atoms with van der Waals surface area (Å²) in [5.74, 6) is 1.02. The van der Waals surface area contributed by atoms with Crippen molar-refractivity contribution in [2.45, 2.75) is 31.6 Å². The number of nitrogens with zero attached hydrogens (tertiary/aromatic N) is 3. The van der Waals surface area contributed by atoms with E-state index in [4.69, 9.17) is 4.52 Å². The van der Waals surface area contributed by atoms with Crippen LogP contribution in [0.5, 0.6) is 0 Å². The summed E-state index contributed by atoms with van der Waals surface area (Å²) in [6, 6.07) is 12.7. The molecule has 2 amide bonds. The summed E-state index contributed by atoms with van der Waals surface area (Å²) in [7, 11) is 2.17. The number of hydrogen-bond donors (Lipinski definition) is 2. The van der Waals surface area contributed by atoms with Gasteiger partial charge in [-0.2, -0.15) is 0 Å². The number of thioether (sulfide) groups is 1. The van der Waals surface area contributed by atoms with Gasteiger partial charge in [-0.1, -0.05) is 35.5 Å². The quantitative estimate of drug-likeness (QED) is 0.528. The van der Waals surface area contributed by atoms with Crippen molar-refractivity contribution in [2.24, 2.45) is 0 Å². The molecule has 174 valence electrons. The van der Waals surface area contributed by atoms with Crippen LogP contribution in [0.25, 0.3) is 0 Å². The lowest BCUT2D eigenvalue weighted by Gasteiger charge is -2.40. The summed E-state index contributed by atoms with van der Waals surface area (Å²) in [5, 5.41) is 9.05. The lowest BCUT2D eigenvalue weighted by atomic mass is 10.0. The molecule has 0 saturated carbocycles. The van der Waals surface area contributed by atoms with Gasteiger partial charge in [-0.3, -0.25) is 14.5 Å². The number of anilines is 1. The van der Waals surface area contributed by atoms with Gasteiger partial charge in [0, 0.05) is 44.8 Å². The summed E-state index contributed by atoms with van der Waals surface area (Å²) in [6.45, 7) is 8.20. The second-order valence-corrected chi connectivity index (χ2v) is 9.52. The Labute approximate surface area is 194 Å². The van der Waals surface area contributed by atoms with Gasteiger partial charge in [-0.05, 0) is 32.9 Å². The van der Waals surface area contributed by atoms with Crippen LogP contribution in [0, 0.1) is 6.92 Å². The van der Waals surface area contributed by atoms with Crippen LogP contribution >= 0.6 is 11.8 Å². The lowest BCUT2D eigenvalue weighted by molar-refractivity contribution is -0.118. The third kappa shape index (κ3) is 7.36. The van der Waals surface area contributed by atoms with Crippen LogP contribution < -0.4 is 10.6 Å². The molecule has 0 bridgehead atoms. The van der Waals surface area contributed by atoms with Gasteiger partial charge >= 0.3 is 0 Å². The minimum Gasteiger partial charge on any atom is -0.360 e. The Kier molecular flexibility index (Phi) is 9.13. The molecule has 1 aromatic carbocycles. The summed E-state index contributed by atoms with van der Waals surface area (Å²) in [4.78, 5) is 29.3. The number of aromatic nitrogens is 1. The van der Waals surface area contributed by atoms with Crippen molar-refractivity contribution in [3.05, 3.63) is 47.7 Å². The number of aryl methyl sites for hydroxylation is 1. The van der Waals surface area contributed by atoms with Gasteiger partial charge < -0.3 is 20.1 Å². The average Bonchev–Trinajstić information content (AvgIpc) is 3.20. The average molecular weight is 460 g/mol. The number of carbonyl (C=O) groups is 2. The van der Waals surface area contributed by atoms with Crippen molar-refractivity contribution >= 4 is 29.4 Å². The fourth-order valence-corrected chi connectivity index (χ4v) is 4.42. The molecule has 1 saturated heterocycles. The van der Waals surface area contributed by atoms with Crippen molar-refractivity contribution in [1.29, 1.82) is 0 Å². The predicted octanol–water partition coefficient (Wildman–Crippen LogP) is 2.54. The van der Waals surface area contributed by atoms with Gasteiger partial charge in [0.05, 0.1) is 11.0 Å². The number of nitrogens with one attached hydrogen (secondary N) is 2. The summed E-state index contributed by atoms with van der Waals surface area (Å²) in [6.07, 6.45) is 0.894. The molecule has 8 nitrogen and oxygen atoms in total.